The van der Waals surface area contributed by atoms with Gasteiger partial charge in [-0.25, -0.2) is 22.1 Å². The molecular weight excluding hydrogens is 518 g/mol. The van der Waals surface area contributed by atoms with E-state index in [0.717, 1.165) is 17.5 Å². The summed E-state index contributed by atoms with van der Waals surface area (Å²) in [5, 5.41) is 6.41. The number of hydrogen-bond donors (Lipinski definition) is 2. The summed E-state index contributed by atoms with van der Waals surface area (Å²) in [4.78, 5) is 4.79. The number of benzene rings is 2. The SMILES string of the molecule is CCNC(=NCc1ccccc1S(=O)(=O)N(C)C)NCCc1ccc(F)cc1C.I. The summed E-state index contributed by atoms with van der Waals surface area (Å²) < 4.78 is 39.5. The molecule has 0 aliphatic heterocycles. The van der Waals surface area contributed by atoms with Gasteiger partial charge in [-0.1, -0.05) is 24.3 Å². The van der Waals surface area contributed by atoms with Crippen LogP contribution in [-0.4, -0.2) is 45.9 Å². The van der Waals surface area contributed by atoms with Gasteiger partial charge in [0.2, 0.25) is 10.0 Å². The van der Waals surface area contributed by atoms with E-state index in [2.05, 4.69) is 15.6 Å². The molecule has 0 aliphatic rings. The van der Waals surface area contributed by atoms with Crippen LogP contribution in [-0.2, 0) is 23.0 Å². The van der Waals surface area contributed by atoms with Gasteiger partial charge in [0, 0.05) is 27.2 Å². The minimum atomic E-state index is -3.54. The third-order valence-electron chi connectivity index (χ3n) is 4.47. The fraction of sp³-hybridized carbons (Fsp3) is 0.381. The molecule has 0 atom stereocenters. The van der Waals surface area contributed by atoms with E-state index in [-0.39, 0.29) is 41.2 Å². The highest BCUT2D eigenvalue weighted by Crippen LogP contribution is 2.19. The van der Waals surface area contributed by atoms with Gasteiger partial charge in [-0.3, -0.25) is 0 Å². The van der Waals surface area contributed by atoms with Gasteiger partial charge in [0.05, 0.1) is 11.4 Å². The van der Waals surface area contributed by atoms with Gasteiger partial charge in [0.25, 0.3) is 0 Å². The van der Waals surface area contributed by atoms with Crippen LogP contribution in [0, 0.1) is 12.7 Å². The number of aryl methyl sites for hydroxylation is 1. The van der Waals surface area contributed by atoms with E-state index >= 15 is 0 Å². The van der Waals surface area contributed by atoms with Crippen LogP contribution in [0.4, 0.5) is 4.39 Å². The fourth-order valence-corrected chi connectivity index (χ4v) is 3.95. The van der Waals surface area contributed by atoms with E-state index in [1.54, 1.807) is 30.3 Å². The van der Waals surface area contributed by atoms with E-state index in [4.69, 9.17) is 0 Å². The Hall–Kier alpha value is -1.72. The lowest BCUT2D eigenvalue weighted by atomic mass is 10.1. The van der Waals surface area contributed by atoms with Crippen LogP contribution in [0.3, 0.4) is 0 Å². The van der Waals surface area contributed by atoms with Gasteiger partial charge in [0.15, 0.2) is 5.96 Å². The van der Waals surface area contributed by atoms with Crippen molar-refractivity contribution in [2.45, 2.75) is 31.7 Å². The lowest BCUT2D eigenvalue weighted by Gasteiger charge is -2.15. The summed E-state index contributed by atoms with van der Waals surface area (Å²) in [5.74, 6) is 0.366. The zero-order chi connectivity index (χ0) is 21.4. The molecule has 6 nitrogen and oxygen atoms in total. The van der Waals surface area contributed by atoms with E-state index in [1.165, 1.54) is 30.5 Å². The number of nitrogens with zero attached hydrogens (tertiary/aromatic N) is 2. The highest BCUT2D eigenvalue weighted by Gasteiger charge is 2.20. The molecule has 0 saturated carbocycles. The van der Waals surface area contributed by atoms with Gasteiger partial charge in [-0.15, -0.1) is 24.0 Å². The quantitative estimate of drug-likeness (QED) is 0.302. The average molecular weight is 548 g/mol. The van der Waals surface area contributed by atoms with Gasteiger partial charge >= 0.3 is 0 Å². The van der Waals surface area contributed by atoms with Gasteiger partial charge < -0.3 is 10.6 Å². The molecule has 2 aromatic rings. The Labute approximate surface area is 196 Å². The minimum absolute atomic E-state index is 0. The molecule has 0 aromatic heterocycles. The minimum Gasteiger partial charge on any atom is -0.357 e. The molecule has 30 heavy (non-hydrogen) atoms. The second kappa shape index (κ2) is 12.2. The monoisotopic (exact) mass is 548 g/mol. The first-order chi connectivity index (χ1) is 13.8. The zero-order valence-electron chi connectivity index (χ0n) is 17.8. The van der Waals surface area contributed by atoms with Crippen molar-refractivity contribution in [2.24, 2.45) is 4.99 Å². The Morgan fingerprint density at radius 3 is 2.43 bits per heavy atom. The standard InChI is InChI=1S/C21H29FN4O2S.HI/c1-5-23-21(24-13-12-17-10-11-19(22)14-16(17)2)25-15-18-8-6-7-9-20(18)29(27,28)26(3)4;/h6-11,14H,5,12-13,15H2,1-4H3,(H2,23,24,25);1H. The number of aliphatic imine (C=N–C) groups is 1. The maximum Gasteiger partial charge on any atom is 0.242 e. The maximum atomic E-state index is 13.2. The molecule has 0 fully saturated rings. The Morgan fingerprint density at radius 2 is 1.80 bits per heavy atom. The molecule has 0 bridgehead atoms. The summed E-state index contributed by atoms with van der Waals surface area (Å²) in [7, 11) is -0.512. The Kier molecular flexibility index (Phi) is 10.7. The molecule has 2 N–H and O–H groups in total. The van der Waals surface area contributed by atoms with Gasteiger partial charge in [-0.05, 0) is 55.2 Å². The average Bonchev–Trinajstić information content (AvgIpc) is 2.67. The third-order valence-corrected chi connectivity index (χ3v) is 6.39. The second-order valence-electron chi connectivity index (χ2n) is 6.84. The second-order valence-corrected chi connectivity index (χ2v) is 8.96. The maximum absolute atomic E-state index is 13.2. The van der Waals surface area contributed by atoms with Crippen LogP contribution in [0.2, 0.25) is 0 Å². The van der Waals surface area contributed by atoms with Crippen molar-refractivity contribution < 1.29 is 12.8 Å². The van der Waals surface area contributed by atoms with Crippen LogP contribution >= 0.6 is 24.0 Å². The summed E-state index contributed by atoms with van der Waals surface area (Å²) in [5.41, 5.74) is 2.61. The zero-order valence-corrected chi connectivity index (χ0v) is 20.9. The number of hydrogen-bond acceptors (Lipinski definition) is 3. The normalized spacial score (nSPS) is 11.9. The lowest BCUT2D eigenvalue weighted by Crippen LogP contribution is -2.38. The molecule has 0 spiro atoms. The first-order valence-corrected chi connectivity index (χ1v) is 11.0. The van der Waals surface area contributed by atoms with Crippen molar-refractivity contribution in [3.63, 3.8) is 0 Å². The van der Waals surface area contributed by atoms with Gasteiger partial charge in [-0.2, -0.15) is 0 Å². The van der Waals surface area contributed by atoms with E-state index < -0.39 is 10.0 Å². The first-order valence-electron chi connectivity index (χ1n) is 9.53. The van der Waals surface area contributed by atoms with Crippen molar-refractivity contribution in [3.05, 3.63) is 65.0 Å². The molecule has 9 heteroatoms. The smallest absolute Gasteiger partial charge is 0.242 e. The summed E-state index contributed by atoms with van der Waals surface area (Å²) in [6, 6.07) is 11.7. The Bertz CT molecular complexity index is 965. The summed E-state index contributed by atoms with van der Waals surface area (Å²) in [6.07, 6.45) is 0.724. The molecule has 0 amide bonds. The number of halogens is 2. The first kappa shape index (κ1) is 26.3. The Balaban J connectivity index is 0.00000450. The molecule has 0 radical (unpaired) electrons. The van der Waals surface area contributed by atoms with Crippen molar-refractivity contribution >= 4 is 40.0 Å². The number of guanidine groups is 1. The number of nitrogens with one attached hydrogen (secondary N) is 2. The predicted octanol–water partition coefficient (Wildman–Crippen LogP) is 3.30. The molecule has 166 valence electrons. The topological polar surface area (TPSA) is 73.8 Å². The largest absolute Gasteiger partial charge is 0.357 e. The van der Waals surface area contributed by atoms with Crippen LogP contribution in [0.1, 0.15) is 23.6 Å². The van der Waals surface area contributed by atoms with E-state index in [1.807, 2.05) is 13.8 Å². The van der Waals surface area contributed by atoms with Crippen molar-refractivity contribution in [1.29, 1.82) is 0 Å². The summed E-state index contributed by atoms with van der Waals surface area (Å²) >= 11 is 0. The highest BCUT2D eigenvalue weighted by atomic mass is 127. The molecule has 0 unspecified atom stereocenters. The lowest BCUT2D eigenvalue weighted by molar-refractivity contribution is 0.519. The van der Waals surface area contributed by atoms with Crippen LogP contribution in [0.5, 0.6) is 0 Å². The predicted molar refractivity (Wildman–Crippen MR) is 130 cm³/mol. The Morgan fingerprint density at radius 1 is 1.10 bits per heavy atom. The van der Waals surface area contributed by atoms with Crippen molar-refractivity contribution in [1.82, 2.24) is 14.9 Å². The third kappa shape index (κ3) is 7.21. The molecule has 2 rings (SSSR count). The number of sulfonamides is 1. The number of rotatable bonds is 8. The van der Waals surface area contributed by atoms with Crippen molar-refractivity contribution in [3.8, 4) is 0 Å². The van der Waals surface area contributed by atoms with E-state index in [0.29, 0.717) is 24.6 Å². The van der Waals surface area contributed by atoms with Crippen LogP contribution in [0.25, 0.3) is 0 Å². The molecular formula is C21H30FIN4O2S. The van der Waals surface area contributed by atoms with Crippen molar-refractivity contribution in [2.75, 3.05) is 27.2 Å². The molecule has 0 aliphatic carbocycles. The summed E-state index contributed by atoms with van der Waals surface area (Å²) in [6.45, 7) is 5.38. The van der Waals surface area contributed by atoms with Gasteiger partial charge in [0.1, 0.15) is 5.82 Å². The van der Waals surface area contributed by atoms with Crippen LogP contribution in [0.15, 0.2) is 52.4 Å². The fourth-order valence-electron chi connectivity index (χ4n) is 2.84. The van der Waals surface area contributed by atoms with E-state index in [9.17, 15) is 12.8 Å². The van der Waals surface area contributed by atoms with Crippen LogP contribution < -0.4 is 10.6 Å². The molecule has 0 saturated heterocycles. The highest BCUT2D eigenvalue weighted by molar-refractivity contribution is 14.0. The molecule has 0 heterocycles. The molecule has 2 aromatic carbocycles.